The molecule has 1 saturated heterocycles. The third-order valence-electron chi connectivity index (χ3n) is 2.97. The van der Waals surface area contributed by atoms with E-state index in [0.29, 0.717) is 0 Å². The Morgan fingerprint density at radius 2 is 2.06 bits per heavy atom. The molecular formula is C12H17N3O. The first kappa shape index (κ1) is 11.1. The van der Waals surface area contributed by atoms with Gasteiger partial charge in [-0.05, 0) is 25.5 Å². The fourth-order valence-electron chi connectivity index (χ4n) is 2.04. The Bertz CT molecular complexity index is 377. The molecule has 0 atom stereocenters. The summed E-state index contributed by atoms with van der Waals surface area (Å²) < 4.78 is 0. The van der Waals surface area contributed by atoms with Crippen LogP contribution < -0.4 is 5.32 Å². The topological polar surface area (TPSA) is 45.2 Å². The molecular weight excluding hydrogens is 202 g/mol. The third-order valence-corrected chi connectivity index (χ3v) is 2.97. The van der Waals surface area contributed by atoms with Gasteiger partial charge < -0.3 is 10.2 Å². The van der Waals surface area contributed by atoms with Crippen molar-refractivity contribution < 1.29 is 4.79 Å². The Hall–Kier alpha value is -1.42. The Labute approximate surface area is 95.7 Å². The van der Waals surface area contributed by atoms with Crippen molar-refractivity contribution in [1.82, 2.24) is 15.2 Å². The lowest BCUT2D eigenvalue weighted by Gasteiger charge is -2.28. The summed E-state index contributed by atoms with van der Waals surface area (Å²) in [5, 5.41) is 3.24. The minimum Gasteiger partial charge on any atom is -0.336 e. The smallest absolute Gasteiger partial charge is 0.256 e. The van der Waals surface area contributed by atoms with Crippen molar-refractivity contribution in [2.24, 2.45) is 0 Å². The Morgan fingerprint density at radius 1 is 1.38 bits per heavy atom. The highest BCUT2D eigenvalue weighted by atomic mass is 16.2. The number of hydrogen-bond acceptors (Lipinski definition) is 3. The molecule has 1 fully saturated rings. The van der Waals surface area contributed by atoms with Crippen LogP contribution in [0.4, 0.5) is 0 Å². The highest BCUT2D eigenvalue weighted by Gasteiger charge is 2.21. The molecule has 0 radical (unpaired) electrons. The molecule has 1 amide bonds. The molecule has 4 heteroatoms. The Kier molecular flexibility index (Phi) is 3.19. The van der Waals surface area contributed by atoms with E-state index in [1.165, 1.54) is 0 Å². The molecule has 1 N–H and O–H groups in total. The predicted octanol–water partition coefficient (Wildman–Crippen LogP) is 0.744. The highest BCUT2D eigenvalue weighted by molar-refractivity contribution is 5.96. The van der Waals surface area contributed by atoms with Gasteiger partial charge in [0.1, 0.15) is 0 Å². The van der Waals surface area contributed by atoms with Crippen molar-refractivity contribution in [1.29, 1.82) is 0 Å². The van der Waals surface area contributed by atoms with Gasteiger partial charge in [-0.3, -0.25) is 9.78 Å². The number of aryl methyl sites for hydroxylation is 2. The molecule has 2 heterocycles. The molecule has 0 spiro atoms. The summed E-state index contributed by atoms with van der Waals surface area (Å²) in [6.07, 6.45) is 1.75. The van der Waals surface area contributed by atoms with Gasteiger partial charge in [0.25, 0.3) is 5.91 Å². The minimum atomic E-state index is 0.115. The first-order valence-electron chi connectivity index (χ1n) is 5.62. The van der Waals surface area contributed by atoms with Crippen LogP contribution >= 0.6 is 0 Å². The van der Waals surface area contributed by atoms with Crippen LogP contribution in [0.3, 0.4) is 0 Å². The van der Waals surface area contributed by atoms with Gasteiger partial charge in [-0.2, -0.15) is 0 Å². The number of carbonyl (C=O) groups excluding carboxylic acids is 1. The maximum Gasteiger partial charge on any atom is 0.256 e. The summed E-state index contributed by atoms with van der Waals surface area (Å²) in [5.74, 6) is 0.115. The average Bonchev–Trinajstić information content (AvgIpc) is 2.30. The molecule has 16 heavy (non-hydrogen) atoms. The van der Waals surface area contributed by atoms with Crippen LogP contribution in [-0.4, -0.2) is 42.0 Å². The number of pyridine rings is 1. The molecule has 0 bridgehead atoms. The number of amides is 1. The van der Waals surface area contributed by atoms with Crippen molar-refractivity contribution in [2.75, 3.05) is 26.2 Å². The number of piperazine rings is 1. The van der Waals surface area contributed by atoms with E-state index in [4.69, 9.17) is 0 Å². The van der Waals surface area contributed by atoms with Gasteiger partial charge in [0, 0.05) is 32.4 Å². The van der Waals surface area contributed by atoms with E-state index >= 15 is 0 Å². The maximum atomic E-state index is 12.3. The molecule has 1 aliphatic heterocycles. The quantitative estimate of drug-likeness (QED) is 0.758. The zero-order chi connectivity index (χ0) is 11.5. The average molecular weight is 219 g/mol. The van der Waals surface area contributed by atoms with Crippen LogP contribution in [-0.2, 0) is 0 Å². The van der Waals surface area contributed by atoms with Gasteiger partial charge in [0.2, 0.25) is 0 Å². The summed E-state index contributed by atoms with van der Waals surface area (Å²) in [4.78, 5) is 18.4. The number of hydrogen-bond donors (Lipinski definition) is 1. The van der Waals surface area contributed by atoms with Crippen molar-refractivity contribution in [2.45, 2.75) is 13.8 Å². The summed E-state index contributed by atoms with van der Waals surface area (Å²) in [5.41, 5.74) is 2.60. The number of rotatable bonds is 1. The van der Waals surface area contributed by atoms with E-state index in [-0.39, 0.29) is 5.91 Å². The van der Waals surface area contributed by atoms with E-state index in [0.717, 1.165) is 43.0 Å². The van der Waals surface area contributed by atoms with E-state index in [1.54, 1.807) is 6.20 Å². The van der Waals surface area contributed by atoms with Gasteiger partial charge in [-0.25, -0.2) is 0 Å². The fourth-order valence-corrected chi connectivity index (χ4v) is 2.04. The highest BCUT2D eigenvalue weighted by Crippen LogP contribution is 2.14. The van der Waals surface area contributed by atoms with Crippen LogP contribution in [0.25, 0.3) is 0 Å². The van der Waals surface area contributed by atoms with Gasteiger partial charge in [0.15, 0.2) is 0 Å². The standard InChI is InChI=1S/C12H17N3O/c1-9-3-4-14-10(2)11(9)12(16)15-7-5-13-6-8-15/h3-4,13H,5-8H2,1-2H3. The van der Waals surface area contributed by atoms with Crippen LogP contribution in [0.1, 0.15) is 21.6 Å². The van der Waals surface area contributed by atoms with E-state index < -0.39 is 0 Å². The monoisotopic (exact) mass is 219 g/mol. The van der Waals surface area contributed by atoms with Gasteiger partial charge >= 0.3 is 0 Å². The van der Waals surface area contributed by atoms with Crippen LogP contribution in [0.15, 0.2) is 12.3 Å². The first-order valence-corrected chi connectivity index (χ1v) is 5.62. The molecule has 86 valence electrons. The SMILES string of the molecule is Cc1ccnc(C)c1C(=O)N1CCNCC1. The lowest BCUT2D eigenvalue weighted by Crippen LogP contribution is -2.46. The molecule has 4 nitrogen and oxygen atoms in total. The van der Waals surface area contributed by atoms with Crippen molar-refractivity contribution in [3.05, 3.63) is 29.1 Å². The molecule has 0 unspecified atom stereocenters. The molecule has 2 rings (SSSR count). The third kappa shape index (κ3) is 2.07. The lowest BCUT2D eigenvalue weighted by molar-refractivity contribution is 0.0734. The molecule has 1 aromatic heterocycles. The summed E-state index contributed by atoms with van der Waals surface area (Å²) in [6, 6.07) is 1.89. The van der Waals surface area contributed by atoms with E-state index in [2.05, 4.69) is 10.3 Å². The van der Waals surface area contributed by atoms with E-state index in [1.807, 2.05) is 24.8 Å². The zero-order valence-electron chi connectivity index (χ0n) is 9.79. The number of carbonyl (C=O) groups is 1. The van der Waals surface area contributed by atoms with Crippen molar-refractivity contribution in [3.8, 4) is 0 Å². The zero-order valence-corrected chi connectivity index (χ0v) is 9.79. The Morgan fingerprint density at radius 3 is 2.69 bits per heavy atom. The maximum absolute atomic E-state index is 12.3. The second-order valence-electron chi connectivity index (χ2n) is 4.13. The lowest BCUT2D eigenvalue weighted by atomic mass is 10.1. The van der Waals surface area contributed by atoms with Crippen molar-refractivity contribution >= 4 is 5.91 Å². The number of nitrogens with zero attached hydrogens (tertiary/aromatic N) is 2. The summed E-state index contributed by atoms with van der Waals surface area (Å²) in [6.45, 7) is 7.18. The minimum absolute atomic E-state index is 0.115. The molecule has 1 aromatic rings. The summed E-state index contributed by atoms with van der Waals surface area (Å²) >= 11 is 0. The molecule has 0 saturated carbocycles. The van der Waals surface area contributed by atoms with Crippen molar-refractivity contribution in [3.63, 3.8) is 0 Å². The molecule has 0 aromatic carbocycles. The number of nitrogens with one attached hydrogen (secondary N) is 1. The molecule has 1 aliphatic rings. The second kappa shape index (κ2) is 4.61. The van der Waals surface area contributed by atoms with Crippen LogP contribution in [0.2, 0.25) is 0 Å². The van der Waals surface area contributed by atoms with Gasteiger partial charge in [-0.15, -0.1) is 0 Å². The second-order valence-corrected chi connectivity index (χ2v) is 4.13. The normalized spacial score (nSPS) is 16.2. The van der Waals surface area contributed by atoms with Crippen LogP contribution in [0.5, 0.6) is 0 Å². The number of aromatic nitrogens is 1. The predicted molar refractivity (Wildman–Crippen MR) is 62.5 cm³/mol. The van der Waals surface area contributed by atoms with E-state index in [9.17, 15) is 4.79 Å². The van der Waals surface area contributed by atoms with Gasteiger partial charge in [0.05, 0.1) is 11.3 Å². The Balaban J connectivity index is 2.26. The van der Waals surface area contributed by atoms with Crippen LogP contribution in [0, 0.1) is 13.8 Å². The summed E-state index contributed by atoms with van der Waals surface area (Å²) in [7, 11) is 0. The molecule has 0 aliphatic carbocycles. The van der Waals surface area contributed by atoms with Gasteiger partial charge in [-0.1, -0.05) is 0 Å². The first-order chi connectivity index (χ1) is 7.70. The largest absolute Gasteiger partial charge is 0.336 e. The fraction of sp³-hybridized carbons (Fsp3) is 0.500.